The van der Waals surface area contributed by atoms with Crippen molar-refractivity contribution in [3.05, 3.63) is 52.8 Å². The molecule has 0 bridgehead atoms. The molecular weight excluding hydrogens is 307 g/mol. The van der Waals surface area contributed by atoms with Crippen molar-refractivity contribution in [3.63, 3.8) is 0 Å². The zero-order valence-electron chi connectivity index (χ0n) is 13.7. The summed E-state index contributed by atoms with van der Waals surface area (Å²) in [5.41, 5.74) is 4.37. The fraction of sp³-hybridized carbons (Fsp3) is 0.400. The van der Waals surface area contributed by atoms with Crippen LogP contribution in [0.25, 0.3) is 11.1 Å². The van der Waals surface area contributed by atoms with Gasteiger partial charge in [0.1, 0.15) is 11.6 Å². The summed E-state index contributed by atoms with van der Waals surface area (Å²) in [6, 6.07) is 8.55. The Morgan fingerprint density at radius 3 is 2.25 bits per heavy atom. The number of benzene rings is 2. The van der Waals surface area contributed by atoms with E-state index < -0.39 is 0 Å². The van der Waals surface area contributed by atoms with E-state index in [1.165, 1.54) is 18.9 Å². The number of hydrogen-bond donors (Lipinski definition) is 2. The Morgan fingerprint density at radius 1 is 0.917 bits per heavy atom. The fourth-order valence-corrected chi connectivity index (χ4v) is 3.27. The molecule has 128 valence electrons. The quantitative estimate of drug-likeness (QED) is 0.831. The van der Waals surface area contributed by atoms with E-state index in [-0.39, 0.29) is 18.2 Å². The van der Waals surface area contributed by atoms with Crippen LogP contribution >= 0.6 is 0 Å². The van der Waals surface area contributed by atoms with Crippen molar-refractivity contribution in [2.45, 2.75) is 38.7 Å². The molecule has 3 nitrogen and oxygen atoms in total. The van der Waals surface area contributed by atoms with Crippen LogP contribution < -0.4 is 0 Å². The molecule has 2 aromatic carbocycles. The Hall–Kier alpha value is -1.91. The van der Waals surface area contributed by atoms with Crippen molar-refractivity contribution in [1.29, 1.82) is 0 Å². The number of aliphatic hydroxyl groups is 1. The van der Waals surface area contributed by atoms with Crippen LogP contribution in [0.2, 0.25) is 0 Å². The second-order valence-electron chi connectivity index (χ2n) is 6.27. The summed E-state index contributed by atoms with van der Waals surface area (Å²) in [5, 5.41) is 18.8. The van der Waals surface area contributed by atoms with Gasteiger partial charge in [-0.2, -0.15) is 0 Å². The van der Waals surface area contributed by atoms with E-state index in [1.54, 1.807) is 18.2 Å². The minimum Gasteiger partial charge on any atom is -0.508 e. The van der Waals surface area contributed by atoms with Gasteiger partial charge < -0.3 is 14.9 Å². The molecule has 2 N–H and O–H groups in total. The van der Waals surface area contributed by atoms with Gasteiger partial charge in [0.15, 0.2) is 0 Å². The number of hydrogen-bond acceptors (Lipinski definition) is 3. The van der Waals surface area contributed by atoms with Crippen LogP contribution in [-0.4, -0.2) is 23.4 Å². The number of fused-ring (bicyclic) bond motifs is 3. The van der Waals surface area contributed by atoms with Gasteiger partial charge in [0.25, 0.3) is 0 Å². The number of aryl methyl sites for hydroxylation is 2. The Kier molecular flexibility index (Phi) is 5.48. The van der Waals surface area contributed by atoms with Crippen LogP contribution in [-0.2, 0) is 24.2 Å². The van der Waals surface area contributed by atoms with Crippen LogP contribution in [0.4, 0.5) is 4.39 Å². The Balaban J connectivity index is 0.000000290. The summed E-state index contributed by atoms with van der Waals surface area (Å²) in [6.45, 7) is 1.70. The Bertz CT molecular complexity index is 701. The molecule has 0 amide bonds. The molecule has 0 radical (unpaired) electrons. The predicted octanol–water partition coefficient (Wildman–Crippen LogP) is 3.98. The lowest BCUT2D eigenvalue weighted by molar-refractivity contribution is 0.198. The number of halogens is 1. The van der Waals surface area contributed by atoms with Crippen LogP contribution in [0.5, 0.6) is 5.75 Å². The van der Waals surface area contributed by atoms with Crippen molar-refractivity contribution in [1.82, 2.24) is 0 Å². The molecule has 0 saturated carbocycles. The van der Waals surface area contributed by atoms with E-state index in [9.17, 15) is 14.6 Å². The average Bonchev–Trinajstić information content (AvgIpc) is 3.11. The van der Waals surface area contributed by atoms with E-state index in [0.29, 0.717) is 5.56 Å². The maximum Gasteiger partial charge on any atom is 0.129 e. The van der Waals surface area contributed by atoms with E-state index in [1.807, 2.05) is 6.07 Å². The third-order valence-corrected chi connectivity index (χ3v) is 4.54. The summed E-state index contributed by atoms with van der Waals surface area (Å²) >= 11 is 0. The summed E-state index contributed by atoms with van der Waals surface area (Å²) < 4.78 is 18.7. The zero-order chi connectivity index (χ0) is 16.9. The molecule has 1 fully saturated rings. The van der Waals surface area contributed by atoms with Gasteiger partial charge >= 0.3 is 0 Å². The van der Waals surface area contributed by atoms with Crippen molar-refractivity contribution >= 4 is 0 Å². The van der Waals surface area contributed by atoms with Gasteiger partial charge in [0.2, 0.25) is 0 Å². The Labute approximate surface area is 141 Å². The van der Waals surface area contributed by atoms with Gasteiger partial charge in [-0.05, 0) is 78.6 Å². The second-order valence-corrected chi connectivity index (χ2v) is 6.27. The minimum atomic E-state index is -0.344. The molecule has 1 aliphatic carbocycles. The number of aromatic hydroxyl groups is 1. The second kappa shape index (κ2) is 7.77. The molecule has 4 rings (SSSR count). The van der Waals surface area contributed by atoms with Crippen LogP contribution in [0, 0.1) is 5.82 Å². The monoisotopic (exact) mass is 330 g/mol. The number of phenolic OH excluding ortho intramolecular Hbond substituents is 1. The summed E-state index contributed by atoms with van der Waals surface area (Å²) in [4.78, 5) is 0. The number of rotatable bonds is 1. The predicted molar refractivity (Wildman–Crippen MR) is 91.5 cm³/mol. The molecule has 1 saturated heterocycles. The van der Waals surface area contributed by atoms with Crippen molar-refractivity contribution in [2.75, 3.05) is 13.2 Å². The molecule has 4 heteroatoms. The largest absolute Gasteiger partial charge is 0.508 e. The normalized spacial score (nSPS) is 15.8. The van der Waals surface area contributed by atoms with E-state index in [4.69, 9.17) is 4.74 Å². The van der Waals surface area contributed by atoms with Crippen molar-refractivity contribution < 1.29 is 19.3 Å². The maximum absolute atomic E-state index is 13.8. The summed E-state index contributed by atoms with van der Waals surface area (Å²) in [7, 11) is 0. The fourth-order valence-electron chi connectivity index (χ4n) is 3.27. The molecule has 0 unspecified atom stereocenters. The highest BCUT2D eigenvalue weighted by molar-refractivity contribution is 5.73. The highest BCUT2D eigenvalue weighted by Crippen LogP contribution is 2.35. The van der Waals surface area contributed by atoms with Crippen molar-refractivity contribution in [2.24, 2.45) is 0 Å². The number of phenols is 1. The third-order valence-electron chi connectivity index (χ3n) is 4.54. The SMILES string of the molecule is C1CCOC1.OCc1cc2c(cc1F)CCCc1cc(O)ccc1-2. The lowest BCUT2D eigenvalue weighted by Gasteiger charge is -2.12. The Morgan fingerprint density at radius 2 is 1.62 bits per heavy atom. The molecular formula is C20H23FO3. The van der Waals surface area contributed by atoms with E-state index in [2.05, 4.69) is 0 Å². The highest BCUT2D eigenvalue weighted by Gasteiger charge is 2.17. The smallest absolute Gasteiger partial charge is 0.129 e. The lowest BCUT2D eigenvalue weighted by atomic mass is 9.94. The van der Waals surface area contributed by atoms with Crippen LogP contribution in [0.1, 0.15) is 36.0 Å². The van der Waals surface area contributed by atoms with E-state index >= 15 is 0 Å². The lowest BCUT2D eigenvalue weighted by Crippen LogP contribution is -1.96. The highest BCUT2D eigenvalue weighted by atomic mass is 19.1. The summed E-state index contributed by atoms with van der Waals surface area (Å²) in [6.07, 6.45) is 5.17. The molecule has 0 spiro atoms. The van der Waals surface area contributed by atoms with Gasteiger partial charge in [0.05, 0.1) is 6.61 Å². The maximum atomic E-state index is 13.8. The zero-order valence-corrected chi connectivity index (χ0v) is 13.7. The average molecular weight is 330 g/mol. The van der Waals surface area contributed by atoms with E-state index in [0.717, 1.165) is 54.7 Å². The van der Waals surface area contributed by atoms with Crippen LogP contribution in [0.15, 0.2) is 30.3 Å². The molecule has 2 aromatic rings. The third kappa shape index (κ3) is 3.77. The number of ether oxygens (including phenoxy) is 1. The first kappa shape index (κ1) is 16.9. The molecule has 24 heavy (non-hydrogen) atoms. The minimum absolute atomic E-state index is 0.256. The van der Waals surface area contributed by atoms with Crippen LogP contribution in [0.3, 0.4) is 0 Å². The molecule has 1 heterocycles. The first-order chi connectivity index (χ1) is 11.7. The van der Waals surface area contributed by atoms with Gasteiger partial charge in [-0.25, -0.2) is 4.39 Å². The standard InChI is InChI=1S/C16H15FO2.C4H8O/c17-16-8-11-3-1-2-10-6-13(19)4-5-14(10)15(11)7-12(16)9-18;1-2-4-5-3-1/h4-8,18-19H,1-3,9H2;1-4H2. The summed E-state index contributed by atoms with van der Waals surface area (Å²) in [5.74, 6) is -0.0878. The van der Waals surface area contributed by atoms with Crippen molar-refractivity contribution in [3.8, 4) is 16.9 Å². The van der Waals surface area contributed by atoms with Gasteiger partial charge in [-0.15, -0.1) is 0 Å². The molecule has 0 atom stereocenters. The first-order valence-electron chi connectivity index (χ1n) is 8.51. The number of aliphatic hydroxyl groups excluding tert-OH is 1. The van der Waals surface area contributed by atoms with Gasteiger partial charge in [0, 0.05) is 18.8 Å². The van der Waals surface area contributed by atoms with Gasteiger partial charge in [-0.1, -0.05) is 6.07 Å². The molecule has 1 aliphatic heterocycles. The molecule has 2 aliphatic rings. The van der Waals surface area contributed by atoms with Gasteiger partial charge in [-0.3, -0.25) is 0 Å². The molecule has 0 aromatic heterocycles. The topological polar surface area (TPSA) is 49.7 Å². The first-order valence-corrected chi connectivity index (χ1v) is 8.51.